The van der Waals surface area contributed by atoms with Gasteiger partial charge in [0.1, 0.15) is 11.6 Å². The number of hydrogen-bond acceptors (Lipinski definition) is 2. The number of Topliss-reactive ketones (excluding diaryl/α,β-unsaturated/α-hetero) is 1. The van der Waals surface area contributed by atoms with Gasteiger partial charge in [0.15, 0.2) is 5.78 Å². The zero-order chi connectivity index (χ0) is 14.7. The number of ketones is 1. The van der Waals surface area contributed by atoms with Crippen LogP contribution < -0.4 is 0 Å². The van der Waals surface area contributed by atoms with Crippen molar-refractivity contribution in [2.75, 3.05) is 13.6 Å². The maximum atomic E-state index is 13.6. The first-order valence-corrected chi connectivity index (χ1v) is 7.17. The Kier molecular flexibility index (Phi) is 4.86. The third kappa shape index (κ3) is 3.42. The largest absolute Gasteiger partial charge is 0.296 e. The average molecular weight is 281 g/mol. The quantitative estimate of drug-likeness (QED) is 0.785. The first-order chi connectivity index (χ1) is 9.49. The minimum absolute atomic E-state index is 0.134. The highest BCUT2D eigenvalue weighted by molar-refractivity contribution is 5.97. The predicted octanol–water partition coefficient (Wildman–Crippen LogP) is 3.66. The Bertz CT molecular complexity index is 489. The van der Waals surface area contributed by atoms with Crippen molar-refractivity contribution in [1.29, 1.82) is 0 Å². The normalized spacial score (nSPS) is 23.1. The molecule has 1 fully saturated rings. The molecular weight excluding hydrogens is 260 g/mol. The molecule has 0 amide bonds. The van der Waals surface area contributed by atoms with Gasteiger partial charge in [-0.1, -0.05) is 19.8 Å². The van der Waals surface area contributed by atoms with Crippen LogP contribution >= 0.6 is 0 Å². The summed E-state index contributed by atoms with van der Waals surface area (Å²) in [6.07, 6.45) is 4.63. The van der Waals surface area contributed by atoms with E-state index in [1.54, 1.807) is 0 Å². The van der Waals surface area contributed by atoms with Crippen molar-refractivity contribution in [3.8, 4) is 0 Å². The van der Waals surface area contributed by atoms with Gasteiger partial charge < -0.3 is 0 Å². The molecule has 4 heteroatoms. The van der Waals surface area contributed by atoms with Crippen LogP contribution in [0.5, 0.6) is 0 Å². The molecule has 0 spiro atoms. The molecular formula is C16H21F2NO. The van der Waals surface area contributed by atoms with Crippen LogP contribution in [0.2, 0.25) is 0 Å². The first-order valence-electron chi connectivity index (χ1n) is 7.17. The lowest BCUT2D eigenvalue weighted by molar-refractivity contribution is 0.0847. The van der Waals surface area contributed by atoms with E-state index >= 15 is 0 Å². The minimum Gasteiger partial charge on any atom is -0.296 e. The molecule has 110 valence electrons. The SMILES string of the molecule is CC1CCCCC1N(C)CC(=O)c1cc(F)ccc1F. The smallest absolute Gasteiger partial charge is 0.179 e. The molecule has 0 radical (unpaired) electrons. The van der Waals surface area contributed by atoms with Crippen LogP contribution in [0, 0.1) is 17.6 Å². The molecule has 1 aromatic carbocycles. The summed E-state index contributed by atoms with van der Waals surface area (Å²) < 4.78 is 26.7. The molecule has 2 rings (SSSR count). The molecule has 0 aliphatic heterocycles. The Morgan fingerprint density at radius 3 is 2.70 bits per heavy atom. The van der Waals surface area contributed by atoms with Gasteiger partial charge in [-0.3, -0.25) is 9.69 Å². The van der Waals surface area contributed by atoms with E-state index in [-0.39, 0.29) is 17.9 Å². The average Bonchev–Trinajstić information content (AvgIpc) is 2.41. The molecule has 2 unspecified atom stereocenters. The summed E-state index contributed by atoms with van der Waals surface area (Å²) in [6, 6.07) is 3.37. The Hall–Kier alpha value is -1.29. The lowest BCUT2D eigenvalue weighted by Crippen LogP contribution is -2.41. The Labute approximate surface area is 118 Å². The van der Waals surface area contributed by atoms with E-state index in [4.69, 9.17) is 0 Å². The lowest BCUT2D eigenvalue weighted by Gasteiger charge is -2.35. The molecule has 1 saturated carbocycles. The van der Waals surface area contributed by atoms with Gasteiger partial charge in [0.05, 0.1) is 12.1 Å². The molecule has 20 heavy (non-hydrogen) atoms. The molecule has 1 aromatic rings. The van der Waals surface area contributed by atoms with Crippen LogP contribution in [-0.4, -0.2) is 30.3 Å². The maximum Gasteiger partial charge on any atom is 0.179 e. The van der Waals surface area contributed by atoms with Crippen molar-refractivity contribution >= 4 is 5.78 Å². The number of carbonyl (C=O) groups excluding carboxylic acids is 1. The van der Waals surface area contributed by atoms with Crippen molar-refractivity contribution in [2.24, 2.45) is 5.92 Å². The van der Waals surface area contributed by atoms with Crippen molar-refractivity contribution in [3.63, 3.8) is 0 Å². The fourth-order valence-corrected chi connectivity index (χ4v) is 3.09. The van der Waals surface area contributed by atoms with E-state index in [2.05, 4.69) is 6.92 Å². The third-order valence-electron chi connectivity index (χ3n) is 4.25. The summed E-state index contributed by atoms with van der Waals surface area (Å²) in [4.78, 5) is 14.1. The molecule has 1 aliphatic rings. The minimum atomic E-state index is -0.651. The summed E-state index contributed by atoms with van der Waals surface area (Å²) in [5.74, 6) is -1.05. The third-order valence-corrected chi connectivity index (χ3v) is 4.25. The molecule has 0 N–H and O–H groups in total. The van der Waals surface area contributed by atoms with Gasteiger partial charge in [-0.2, -0.15) is 0 Å². The number of benzene rings is 1. The maximum absolute atomic E-state index is 13.6. The van der Waals surface area contributed by atoms with Crippen molar-refractivity contribution in [3.05, 3.63) is 35.4 Å². The van der Waals surface area contributed by atoms with Gasteiger partial charge in [-0.15, -0.1) is 0 Å². The van der Waals surface area contributed by atoms with E-state index < -0.39 is 11.6 Å². The Morgan fingerprint density at radius 2 is 2.00 bits per heavy atom. The molecule has 2 atom stereocenters. The number of halogens is 2. The topological polar surface area (TPSA) is 20.3 Å². The number of nitrogens with zero attached hydrogens (tertiary/aromatic N) is 1. The van der Waals surface area contributed by atoms with E-state index in [1.807, 2.05) is 11.9 Å². The van der Waals surface area contributed by atoms with Crippen LogP contribution in [0.25, 0.3) is 0 Å². The number of carbonyl (C=O) groups is 1. The zero-order valence-corrected chi connectivity index (χ0v) is 12.0. The van der Waals surface area contributed by atoms with E-state index in [9.17, 15) is 13.6 Å². The highest BCUT2D eigenvalue weighted by Gasteiger charge is 2.26. The fourth-order valence-electron chi connectivity index (χ4n) is 3.09. The van der Waals surface area contributed by atoms with E-state index in [0.717, 1.165) is 31.0 Å². The van der Waals surface area contributed by atoms with Crippen molar-refractivity contribution < 1.29 is 13.6 Å². The van der Waals surface area contributed by atoms with Gasteiger partial charge >= 0.3 is 0 Å². The van der Waals surface area contributed by atoms with Crippen LogP contribution in [0.1, 0.15) is 43.0 Å². The van der Waals surface area contributed by atoms with E-state index in [1.165, 1.54) is 12.8 Å². The second-order valence-electron chi connectivity index (χ2n) is 5.79. The second-order valence-corrected chi connectivity index (χ2v) is 5.79. The summed E-state index contributed by atoms with van der Waals surface area (Å²) in [6.45, 7) is 2.32. The number of hydrogen-bond donors (Lipinski definition) is 0. The highest BCUT2D eigenvalue weighted by Crippen LogP contribution is 2.27. The second kappa shape index (κ2) is 6.44. The highest BCUT2D eigenvalue weighted by atomic mass is 19.1. The number of likely N-dealkylation sites (N-methyl/N-ethyl adjacent to an activating group) is 1. The van der Waals surface area contributed by atoms with Crippen LogP contribution in [0.3, 0.4) is 0 Å². The van der Waals surface area contributed by atoms with Crippen LogP contribution in [0.15, 0.2) is 18.2 Å². The monoisotopic (exact) mass is 281 g/mol. The first kappa shape index (κ1) is 15.1. The van der Waals surface area contributed by atoms with E-state index in [0.29, 0.717) is 12.0 Å². The fraction of sp³-hybridized carbons (Fsp3) is 0.562. The summed E-state index contributed by atoms with van der Waals surface area (Å²) in [5.41, 5.74) is -0.152. The molecule has 0 bridgehead atoms. The molecule has 2 nitrogen and oxygen atoms in total. The summed E-state index contributed by atoms with van der Waals surface area (Å²) >= 11 is 0. The van der Waals surface area contributed by atoms with Gasteiger partial charge in [0, 0.05) is 6.04 Å². The Balaban J connectivity index is 2.05. The Morgan fingerprint density at radius 1 is 1.30 bits per heavy atom. The van der Waals surface area contributed by atoms with Crippen molar-refractivity contribution in [2.45, 2.75) is 38.6 Å². The lowest BCUT2D eigenvalue weighted by atomic mass is 9.85. The van der Waals surface area contributed by atoms with Gasteiger partial charge in [-0.05, 0) is 44.0 Å². The van der Waals surface area contributed by atoms with Crippen molar-refractivity contribution in [1.82, 2.24) is 4.90 Å². The van der Waals surface area contributed by atoms with Crippen LogP contribution in [0.4, 0.5) is 8.78 Å². The molecule has 0 aromatic heterocycles. The molecule has 0 heterocycles. The van der Waals surface area contributed by atoms with Gasteiger partial charge in [0.2, 0.25) is 0 Å². The summed E-state index contributed by atoms with van der Waals surface area (Å²) in [7, 11) is 1.89. The van der Waals surface area contributed by atoms with Gasteiger partial charge in [-0.25, -0.2) is 8.78 Å². The predicted molar refractivity (Wildman–Crippen MR) is 74.7 cm³/mol. The van der Waals surface area contributed by atoms with Gasteiger partial charge in [0.25, 0.3) is 0 Å². The molecule has 0 saturated heterocycles. The zero-order valence-electron chi connectivity index (χ0n) is 12.0. The van der Waals surface area contributed by atoms with Crippen LogP contribution in [-0.2, 0) is 0 Å². The summed E-state index contributed by atoms with van der Waals surface area (Å²) in [5, 5.41) is 0. The number of rotatable bonds is 4. The molecule has 1 aliphatic carbocycles. The standard InChI is InChI=1S/C16H21F2NO/c1-11-5-3-4-6-15(11)19(2)10-16(20)13-9-12(17)7-8-14(13)18/h7-9,11,15H,3-6,10H2,1-2H3.